The highest BCUT2D eigenvalue weighted by molar-refractivity contribution is 9.10. The average Bonchev–Trinajstić information content (AvgIpc) is 2.63. The van der Waals surface area contributed by atoms with E-state index in [1.54, 1.807) is 19.0 Å². The zero-order chi connectivity index (χ0) is 20.2. The molecule has 2 heterocycles. The van der Waals surface area contributed by atoms with Gasteiger partial charge in [-0.3, -0.25) is 9.69 Å². The van der Waals surface area contributed by atoms with Crippen molar-refractivity contribution in [1.82, 2.24) is 10.2 Å². The fourth-order valence-corrected chi connectivity index (χ4v) is 5.05. The first kappa shape index (κ1) is 19.7. The summed E-state index contributed by atoms with van der Waals surface area (Å²) in [6.07, 6.45) is 0. The van der Waals surface area contributed by atoms with Gasteiger partial charge in [-0.05, 0) is 61.6 Å². The maximum Gasteiger partial charge on any atom is 0.233 e. The predicted octanol–water partition coefficient (Wildman–Crippen LogP) is 4.46. The molecule has 2 aliphatic heterocycles. The minimum absolute atomic E-state index is 0.0183. The number of amides is 1. The van der Waals surface area contributed by atoms with Crippen molar-refractivity contribution < 1.29 is 9.53 Å². The summed E-state index contributed by atoms with van der Waals surface area (Å²) in [4.78, 5) is 16.8. The molecule has 0 unspecified atom stereocenters. The van der Waals surface area contributed by atoms with Crippen LogP contribution in [0.3, 0.4) is 0 Å². The van der Waals surface area contributed by atoms with E-state index in [1.807, 2.05) is 54.3 Å². The summed E-state index contributed by atoms with van der Waals surface area (Å²) in [5, 5.41) is 3.93. The Kier molecular flexibility index (Phi) is 4.92. The number of benzene rings is 2. The zero-order valence-corrected chi connectivity index (χ0v) is 19.6. The van der Waals surface area contributed by atoms with E-state index in [9.17, 15) is 4.79 Å². The minimum Gasteiger partial charge on any atom is -0.467 e. The lowest BCUT2D eigenvalue weighted by atomic mass is 9.78. The molecule has 0 aliphatic carbocycles. The Morgan fingerprint density at radius 1 is 1.18 bits per heavy atom. The number of nitrogens with zero attached hydrogens (tertiary/aromatic N) is 2. The molecule has 8 heteroatoms. The fourth-order valence-electron chi connectivity index (χ4n) is 3.99. The van der Waals surface area contributed by atoms with E-state index in [0.29, 0.717) is 5.11 Å². The van der Waals surface area contributed by atoms with Crippen molar-refractivity contribution in [2.75, 3.05) is 19.0 Å². The third-order valence-electron chi connectivity index (χ3n) is 5.25. The number of fused-ring (bicyclic) bond motifs is 4. The molecule has 0 aromatic heterocycles. The van der Waals surface area contributed by atoms with Crippen LogP contribution in [0.4, 0.5) is 5.69 Å². The number of ether oxygens (including phenoxy) is 1. The molecule has 2 bridgehead atoms. The molecule has 2 aliphatic rings. The van der Waals surface area contributed by atoms with Crippen LogP contribution in [-0.4, -0.2) is 35.7 Å². The molecule has 1 amide bonds. The molecule has 146 valence electrons. The third-order valence-corrected chi connectivity index (χ3v) is 6.57. The molecule has 4 rings (SSSR count). The number of hydrogen-bond donors (Lipinski definition) is 1. The first-order chi connectivity index (χ1) is 13.2. The van der Waals surface area contributed by atoms with Gasteiger partial charge in [0.15, 0.2) is 10.8 Å². The van der Waals surface area contributed by atoms with Crippen molar-refractivity contribution in [3.63, 3.8) is 0 Å². The molecule has 0 radical (unpaired) electrons. The Hall–Kier alpha value is -1.64. The van der Waals surface area contributed by atoms with Gasteiger partial charge in [0.2, 0.25) is 5.91 Å². The Bertz CT molecular complexity index is 966. The van der Waals surface area contributed by atoms with Gasteiger partial charge in [-0.1, -0.05) is 31.9 Å². The molecule has 1 fully saturated rings. The van der Waals surface area contributed by atoms with Gasteiger partial charge in [0.1, 0.15) is 11.7 Å². The van der Waals surface area contributed by atoms with E-state index in [0.717, 1.165) is 25.9 Å². The van der Waals surface area contributed by atoms with Crippen LogP contribution in [0.25, 0.3) is 0 Å². The fraction of sp³-hybridized carbons (Fsp3) is 0.300. The Balaban J connectivity index is 1.91. The topological polar surface area (TPSA) is 44.8 Å². The van der Waals surface area contributed by atoms with Crippen LogP contribution in [0.5, 0.6) is 5.75 Å². The smallest absolute Gasteiger partial charge is 0.233 e. The van der Waals surface area contributed by atoms with Gasteiger partial charge in [-0.25, -0.2) is 0 Å². The van der Waals surface area contributed by atoms with Gasteiger partial charge in [0.05, 0.1) is 6.04 Å². The Labute approximate surface area is 186 Å². The summed E-state index contributed by atoms with van der Waals surface area (Å²) in [5.74, 6) is 0.241. The molecule has 1 saturated heterocycles. The summed E-state index contributed by atoms with van der Waals surface area (Å²) < 4.78 is 8.41. The second-order valence-electron chi connectivity index (χ2n) is 7.29. The van der Waals surface area contributed by atoms with Crippen molar-refractivity contribution in [3.8, 4) is 5.75 Å². The minimum atomic E-state index is -0.969. The molecule has 2 aromatic carbocycles. The lowest BCUT2D eigenvalue weighted by Gasteiger charge is -2.56. The van der Waals surface area contributed by atoms with Gasteiger partial charge in [-0.15, -0.1) is 0 Å². The highest BCUT2D eigenvalue weighted by atomic mass is 79.9. The van der Waals surface area contributed by atoms with E-state index in [1.165, 1.54) is 0 Å². The van der Waals surface area contributed by atoms with Crippen molar-refractivity contribution in [1.29, 1.82) is 0 Å². The van der Waals surface area contributed by atoms with Crippen LogP contribution < -0.4 is 15.0 Å². The highest BCUT2D eigenvalue weighted by Gasteiger charge is 2.59. The highest BCUT2D eigenvalue weighted by Crippen LogP contribution is 2.50. The number of carbonyl (C=O) groups is 1. The van der Waals surface area contributed by atoms with Crippen molar-refractivity contribution in [2.45, 2.75) is 18.7 Å². The maximum absolute atomic E-state index is 13.3. The van der Waals surface area contributed by atoms with Crippen molar-refractivity contribution in [2.24, 2.45) is 5.92 Å². The molecule has 3 atom stereocenters. The average molecular weight is 525 g/mol. The normalized spacial score (nSPS) is 25.5. The number of halogens is 2. The van der Waals surface area contributed by atoms with Crippen LogP contribution in [-0.2, 0) is 4.79 Å². The molecule has 0 saturated carbocycles. The van der Waals surface area contributed by atoms with E-state index in [2.05, 4.69) is 37.2 Å². The lowest BCUT2D eigenvalue weighted by molar-refractivity contribution is -0.144. The quantitative estimate of drug-likeness (QED) is 0.587. The van der Waals surface area contributed by atoms with Gasteiger partial charge >= 0.3 is 0 Å². The SMILES string of the molecule is CN(C)C(=O)[C@@H]1[C@H]2NC(=S)N(c3ccc(Br)cc3)[C@@]1(C)Oc1ccc(Br)cc12. The van der Waals surface area contributed by atoms with E-state index in [-0.39, 0.29) is 11.9 Å². The van der Waals surface area contributed by atoms with Crippen LogP contribution in [0.15, 0.2) is 51.4 Å². The molecule has 1 N–H and O–H groups in total. The number of hydrogen-bond acceptors (Lipinski definition) is 3. The zero-order valence-electron chi connectivity index (χ0n) is 15.6. The number of anilines is 1. The van der Waals surface area contributed by atoms with Gasteiger partial charge < -0.3 is 15.0 Å². The van der Waals surface area contributed by atoms with Crippen LogP contribution in [0.1, 0.15) is 18.5 Å². The largest absolute Gasteiger partial charge is 0.467 e. The number of nitrogens with one attached hydrogen (secondary N) is 1. The first-order valence-electron chi connectivity index (χ1n) is 8.78. The first-order valence-corrected chi connectivity index (χ1v) is 10.8. The molecule has 0 spiro atoms. The monoisotopic (exact) mass is 523 g/mol. The van der Waals surface area contributed by atoms with E-state index < -0.39 is 11.6 Å². The molecule has 2 aromatic rings. The number of thiocarbonyl (C=S) groups is 1. The third kappa shape index (κ3) is 3.02. The van der Waals surface area contributed by atoms with E-state index >= 15 is 0 Å². The summed E-state index contributed by atoms with van der Waals surface area (Å²) in [6, 6.07) is 13.4. The Morgan fingerprint density at radius 3 is 2.46 bits per heavy atom. The molecule has 5 nitrogen and oxygen atoms in total. The van der Waals surface area contributed by atoms with Gasteiger partial charge in [0, 0.05) is 34.3 Å². The standard InChI is InChI=1S/C20H19Br2N3O2S/c1-20-16(18(26)24(2)3)17(14-10-12(22)6-9-15(14)27-20)23-19(28)25(20)13-7-4-11(21)5-8-13/h4-10,16-17H,1-3H3,(H,23,28)/t16-,17-,20-/m0/s1. The maximum atomic E-state index is 13.3. The number of carbonyl (C=O) groups excluding carboxylic acids is 1. The van der Waals surface area contributed by atoms with Gasteiger partial charge in [0.25, 0.3) is 0 Å². The van der Waals surface area contributed by atoms with Crippen molar-refractivity contribution >= 4 is 60.8 Å². The van der Waals surface area contributed by atoms with Gasteiger partial charge in [-0.2, -0.15) is 0 Å². The lowest BCUT2D eigenvalue weighted by Crippen LogP contribution is -2.72. The molecular formula is C20H19Br2N3O2S. The van der Waals surface area contributed by atoms with Crippen molar-refractivity contribution in [3.05, 3.63) is 57.0 Å². The Morgan fingerprint density at radius 2 is 1.82 bits per heavy atom. The summed E-state index contributed by atoms with van der Waals surface area (Å²) in [7, 11) is 3.53. The predicted molar refractivity (Wildman–Crippen MR) is 120 cm³/mol. The van der Waals surface area contributed by atoms with Crippen LogP contribution in [0.2, 0.25) is 0 Å². The summed E-state index contributed by atoms with van der Waals surface area (Å²) >= 11 is 12.7. The summed E-state index contributed by atoms with van der Waals surface area (Å²) in [6.45, 7) is 1.94. The van der Waals surface area contributed by atoms with Crippen LogP contribution in [0, 0.1) is 5.92 Å². The van der Waals surface area contributed by atoms with E-state index in [4.69, 9.17) is 17.0 Å². The van der Waals surface area contributed by atoms with Crippen LogP contribution >= 0.6 is 44.1 Å². The molecular weight excluding hydrogens is 506 g/mol. The summed E-state index contributed by atoms with van der Waals surface area (Å²) in [5.41, 5.74) is 0.812. The molecule has 28 heavy (non-hydrogen) atoms. The second-order valence-corrected chi connectivity index (χ2v) is 9.51. The number of rotatable bonds is 2. The second kappa shape index (κ2) is 7.00.